The molecular formula is C9H13BrIN3. The Bertz CT molecular complexity index is 283. The lowest BCUT2D eigenvalue weighted by molar-refractivity contribution is 0.780. The van der Waals surface area contributed by atoms with Gasteiger partial charge in [-0.2, -0.15) is 0 Å². The summed E-state index contributed by atoms with van der Waals surface area (Å²) in [4.78, 5) is 10.6. The van der Waals surface area contributed by atoms with E-state index in [1.54, 1.807) is 6.33 Å². The van der Waals surface area contributed by atoms with Gasteiger partial charge in [0.1, 0.15) is 12.1 Å². The minimum Gasteiger partial charge on any atom is -0.356 e. The van der Waals surface area contributed by atoms with Crippen LogP contribution >= 0.6 is 38.5 Å². The van der Waals surface area contributed by atoms with Crippen LogP contribution < -0.4 is 4.90 Å². The molecule has 0 saturated carbocycles. The number of aromatic nitrogens is 2. The van der Waals surface area contributed by atoms with E-state index in [-0.39, 0.29) is 0 Å². The first kappa shape index (κ1) is 12.2. The minimum absolute atomic E-state index is 0.986. The third-order valence-corrected chi connectivity index (χ3v) is 3.21. The molecule has 0 amide bonds. The summed E-state index contributed by atoms with van der Waals surface area (Å²) in [5.74, 6) is 1.05. The molecular weight excluding hydrogens is 357 g/mol. The Morgan fingerprint density at radius 2 is 2.36 bits per heavy atom. The smallest absolute Gasteiger partial charge is 0.145 e. The molecule has 1 heterocycles. The lowest BCUT2D eigenvalue weighted by Crippen LogP contribution is -2.26. The van der Waals surface area contributed by atoms with Crippen molar-refractivity contribution in [2.45, 2.75) is 13.3 Å². The summed E-state index contributed by atoms with van der Waals surface area (Å²) in [7, 11) is 0. The SMILES string of the molecule is CCN(CCCBr)c1ncncc1I. The fraction of sp³-hybridized carbons (Fsp3) is 0.556. The molecule has 3 nitrogen and oxygen atoms in total. The lowest BCUT2D eigenvalue weighted by Gasteiger charge is -2.22. The molecule has 0 radical (unpaired) electrons. The van der Waals surface area contributed by atoms with Crippen LogP contribution in [0.5, 0.6) is 0 Å². The maximum atomic E-state index is 4.29. The van der Waals surface area contributed by atoms with E-state index >= 15 is 0 Å². The van der Waals surface area contributed by atoms with Crippen molar-refractivity contribution in [1.82, 2.24) is 9.97 Å². The quantitative estimate of drug-likeness (QED) is 0.590. The maximum absolute atomic E-state index is 4.29. The Kier molecular flexibility index (Phi) is 5.69. The molecule has 0 aliphatic heterocycles. The molecule has 0 aliphatic rings. The topological polar surface area (TPSA) is 29.0 Å². The molecule has 0 unspecified atom stereocenters. The lowest BCUT2D eigenvalue weighted by atomic mass is 10.4. The standard InChI is InChI=1S/C9H13BrIN3/c1-2-14(5-3-4-10)9-8(11)6-12-7-13-9/h6-7H,2-5H2,1H3. The summed E-state index contributed by atoms with van der Waals surface area (Å²) in [5, 5.41) is 1.03. The molecule has 0 aliphatic carbocycles. The maximum Gasteiger partial charge on any atom is 0.145 e. The summed E-state index contributed by atoms with van der Waals surface area (Å²) in [6.07, 6.45) is 4.59. The Balaban J connectivity index is 2.73. The van der Waals surface area contributed by atoms with E-state index in [0.29, 0.717) is 0 Å². The zero-order chi connectivity index (χ0) is 10.4. The third-order valence-electron chi connectivity index (χ3n) is 1.89. The third kappa shape index (κ3) is 3.34. The van der Waals surface area contributed by atoms with Gasteiger partial charge in [0.2, 0.25) is 0 Å². The Hall–Kier alpha value is 0.0900. The van der Waals surface area contributed by atoms with Gasteiger partial charge in [-0.15, -0.1) is 0 Å². The first-order valence-electron chi connectivity index (χ1n) is 4.56. The highest BCUT2D eigenvalue weighted by Gasteiger charge is 2.08. The number of rotatable bonds is 5. The van der Waals surface area contributed by atoms with Crippen molar-refractivity contribution in [2.75, 3.05) is 23.3 Å². The molecule has 0 atom stereocenters. The van der Waals surface area contributed by atoms with Gasteiger partial charge in [0.25, 0.3) is 0 Å². The van der Waals surface area contributed by atoms with Gasteiger partial charge in [-0.1, -0.05) is 15.9 Å². The monoisotopic (exact) mass is 369 g/mol. The number of hydrogen-bond acceptors (Lipinski definition) is 3. The largest absolute Gasteiger partial charge is 0.356 e. The summed E-state index contributed by atoms with van der Waals surface area (Å²) >= 11 is 5.71. The highest BCUT2D eigenvalue weighted by Crippen LogP contribution is 2.17. The van der Waals surface area contributed by atoms with Crippen LogP contribution in [0.2, 0.25) is 0 Å². The first-order chi connectivity index (χ1) is 6.79. The zero-order valence-electron chi connectivity index (χ0n) is 8.08. The van der Waals surface area contributed by atoms with Gasteiger partial charge in [0, 0.05) is 24.6 Å². The molecule has 0 saturated heterocycles. The fourth-order valence-electron chi connectivity index (χ4n) is 1.20. The Morgan fingerprint density at radius 3 is 2.93 bits per heavy atom. The molecule has 0 spiro atoms. The predicted molar refractivity (Wildman–Crippen MR) is 71.0 cm³/mol. The number of nitrogens with zero attached hydrogens (tertiary/aromatic N) is 3. The van der Waals surface area contributed by atoms with Crippen LogP contribution in [0.15, 0.2) is 12.5 Å². The van der Waals surface area contributed by atoms with Crippen molar-refractivity contribution in [3.8, 4) is 0 Å². The van der Waals surface area contributed by atoms with Crippen molar-refractivity contribution in [3.63, 3.8) is 0 Å². The molecule has 0 N–H and O–H groups in total. The van der Waals surface area contributed by atoms with Gasteiger partial charge < -0.3 is 4.90 Å². The average molecular weight is 370 g/mol. The van der Waals surface area contributed by atoms with Gasteiger partial charge in [0.05, 0.1) is 3.57 Å². The van der Waals surface area contributed by atoms with Crippen LogP contribution in [-0.2, 0) is 0 Å². The molecule has 0 fully saturated rings. The normalized spacial score (nSPS) is 10.2. The van der Waals surface area contributed by atoms with E-state index in [4.69, 9.17) is 0 Å². The fourth-order valence-corrected chi connectivity index (χ4v) is 2.10. The molecule has 1 rings (SSSR count). The minimum atomic E-state index is 0.986. The summed E-state index contributed by atoms with van der Waals surface area (Å²) in [6, 6.07) is 0. The Morgan fingerprint density at radius 1 is 1.57 bits per heavy atom. The number of hydrogen-bond donors (Lipinski definition) is 0. The van der Waals surface area contributed by atoms with E-state index in [2.05, 4.69) is 60.3 Å². The van der Waals surface area contributed by atoms with Gasteiger partial charge in [-0.3, -0.25) is 0 Å². The van der Waals surface area contributed by atoms with Crippen LogP contribution in [0.4, 0.5) is 5.82 Å². The molecule has 1 aromatic heterocycles. The van der Waals surface area contributed by atoms with Crippen molar-refractivity contribution in [2.24, 2.45) is 0 Å². The summed E-state index contributed by atoms with van der Waals surface area (Å²) in [6.45, 7) is 4.17. The van der Waals surface area contributed by atoms with Crippen LogP contribution in [0.1, 0.15) is 13.3 Å². The average Bonchev–Trinajstić information content (AvgIpc) is 2.21. The van der Waals surface area contributed by atoms with E-state index in [9.17, 15) is 0 Å². The van der Waals surface area contributed by atoms with Crippen LogP contribution in [0.3, 0.4) is 0 Å². The first-order valence-corrected chi connectivity index (χ1v) is 6.76. The van der Waals surface area contributed by atoms with Gasteiger partial charge >= 0.3 is 0 Å². The number of alkyl halides is 1. The molecule has 14 heavy (non-hydrogen) atoms. The zero-order valence-corrected chi connectivity index (χ0v) is 11.8. The van der Waals surface area contributed by atoms with E-state index in [1.165, 1.54) is 0 Å². The van der Waals surface area contributed by atoms with Gasteiger partial charge in [0.15, 0.2) is 0 Å². The highest BCUT2D eigenvalue weighted by atomic mass is 127. The second-order valence-electron chi connectivity index (χ2n) is 2.82. The molecule has 1 aromatic rings. The van der Waals surface area contributed by atoms with Crippen LogP contribution in [-0.4, -0.2) is 28.4 Å². The van der Waals surface area contributed by atoms with Crippen molar-refractivity contribution in [1.29, 1.82) is 0 Å². The van der Waals surface area contributed by atoms with Gasteiger partial charge in [-0.05, 0) is 35.9 Å². The molecule has 0 aromatic carbocycles. The number of halogens is 2. The second-order valence-corrected chi connectivity index (χ2v) is 4.77. The van der Waals surface area contributed by atoms with E-state index < -0.39 is 0 Å². The van der Waals surface area contributed by atoms with Gasteiger partial charge in [-0.25, -0.2) is 9.97 Å². The Labute approximate surface area is 107 Å². The molecule has 78 valence electrons. The van der Waals surface area contributed by atoms with Crippen molar-refractivity contribution < 1.29 is 0 Å². The predicted octanol–water partition coefficient (Wildman–Crippen LogP) is 2.69. The van der Waals surface area contributed by atoms with Crippen molar-refractivity contribution in [3.05, 3.63) is 16.1 Å². The van der Waals surface area contributed by atoms with E-state index in [0.717, 1.165) is 34.2 Å². The number of anilines is 1. The van der Waals surface area contributed by atoms with Crippen LogP contribution in [0, 0.1) is 3.57 Å². The summed E-state index contributed by atoms with van der Waals surface area (Å²) < 4.78 is 1.11. The van der Waals surface area contributed by atoms with Crippen LogP contribution in [0.25, 0.3) is 0 Å². The highest BCUT2D eigenvalue weighted by molar-refractivity contribution is 14.1. The summed E-state index contributed by atoms with van der Waals surface area (Å²) in [5.41, 5.74) is 0. The van der Waals surface area contributed by atoms with Crippen molar-refractivity contribution >= 4 is 44.3 Å². The second kappa shape index (κ2) is 6.55. The molecule has 5 heteroatoms. The van der Waals surface area contributed by atoms with E-state index in [1.807, 2.05) is 6.20 Å². The molecule has 0 bridgehead atoms.